The van der Waals surface area contributed by atoms with E-state index < -0.39 is 0 Å². The Labute approximate surface area is 93.6 Å². The van der Waals surface area contributed by atoms with Crippen molar-refractivity contribution in [3.63, 3.8) is 0 Å². The van der Waals surface area contributed by atoms with Crippen LogP contribution in [0.3, 0.4) is 0 Å². The summed E-state index contributed by atoms with van der Waals surface area (Å²) in [6.45, 7) is 3.04. The van der Waals surface area contributed by atoms with Gasteiger partial charge in [0, 0.05) is 6.61 Å². The minimum atomic E-state index is -0.323. The van der Waals surface area contributed by atoms with Gasteiger partial charge in [-0.05, 0) is 18.1 Å². The minimum Gasteiger partial charge on any atom is -0.377 e. The molecule has 0 saturated carbocycles. The number of fused-ring (bicyclic) bond motifs is 1. The number of carbonyl (C=O) groups excluding carboxylic acids is 2. The number of benzene rings is 1. The van der Waals surface area contributed by atoms with E-state index in [1.165, 1.54) is 0 Å². The molecule has 4 heteroatoms. The predicted octanol–water partition coefficient (Wildman–Crippen LogP) is 1.50. The van der Waals surface area contributed by atoms with Gasteiger partial charge in [-0.1, -0.05) is 19.1 Å². The SMILES string of the molecule is CCCOCc1cccc2c1C(=O)NC2=O. The number of ether oxygens (including phenoxy) is 1. The number of amides is 2. The Hall–Kier alpha value is -1.68. The molecule has 4 nitrogen and oxygen atoms in total. The van der Waals surface area contributed by atoms with Gasteiger partial charge in [-0.2, -0.15) is 0 Å². The van der Waals surface area contributed by atoms with Crippen molar-refractivity contribution in [1.82, 2.24) is 5.32 Å². The third-order valence-electron chi connectivity index (χ3n) is 2.46. The quantitative estimate of drug-likeness (QED) is 0.616. The maximum absolute atomic E-state index is 11.5. The second kappa shape index (κ2) is 4.45. The summed E-state index contributed by atoms with van der Waals surface area (Å²) in [5.74, 6) is -0.645. The van der Waals surface area contributed by atoms with Crippen molar-refractivity contribution in [3.05, 3.63) is 34.9 Å². The second-order valence-electron chi connectivity index (χ2n) is 3.68. The summed E-state index contributed by atoms with van der Waals surface area (Å²) in [4.78, 5) is 22.9. The fraction of sp³-hybridized carbons (Fsp3) is 0.333. The van der Waals surface area contributed by atoms with Gasteiger partial charge in [0.1, 0.15) is 0 Å². The lowest BCUT2D eigenvalue weighted by atomic mass is 10.0. The molecule has 0 aromatic heterocycles. The van der Waals surface area contributed by atoms with Crippen LogP contribution in [-0.4, -0.2) is 18.4 Å². The van der Waals surface area contributed by atoms with Crippen molar-refractivity contribution in [2.24, 2.45) is 0 Å². The Morgan fingerprint density at radius 3 is 2.81 bits per heavy atom. The van der Waals surface area contributed by atoms with Gasteiger partial charge in [-0.3, -0.25) is 14.9 Å². The lowest BCUT2D eigenvalue weighted by molar-refractivity contribution is 0.0876. The Balaban J connectivity index is 2.27. The van der Waals surface area contributed by atoms with E-state index in [2.05, 4.69) is 5.32 Å². The van der Waals surface area contributed by atoms with Gasteiger partial charge in [-0.15, -0.1) is 0 Å². The van der Waals surface area contributed by atoms with Crippen LogP contribution in [0.1, 0.15) is 39.6 Å². The highest BCUT2D eigenvalue weighted by molar-refractivity contribution is 6.22. The van der Waals surface area contributed by atoms with Crippen LogP contribution >= 0.6 is 0 Å². The third-order valence-corrected chi connectivity index (χ3v) is 2.46. The van der Waals surface area contributed by atoms with Crippen molar-refractivity contribution in [3.8, 4) is 0 Å². The Morgan fingerprint density at radius 2 is 2.06 bits per heavy atom. The second-order valence-corrected chi connectivity index (χ2v) is 3.68. The van der Waals surface area contributed by atoms with E-state index in [1.807, 2.05) is 13.0 Å². The Kier molecular flexibility index (Phi) is 3.01. The maximum Gasteiger partial charge on any atom is 0.259 e. The van der Waals surface area contributed by atoms with Crippen LogP contribution in [0.4, 0.5) is 0 Å². The lowest BCUT2D eigenvalue weighted by Gasteiger charge is -2.06. The highest BCUT2D eigenvalue weighted by Crippen LogP contribution is 2.20. The summed E-state index contributed by atoms with van der Waals surface area (Å²) < 4.78 is 5.39. The number of nitrogens with one attached hydrogen (secondary N) is 1. The fourth-order valence-corrected chi connectivity index (χ4v) is 1.74. The molecule has 1 heterocycles. The van der Waals surface area contributed by atoms with Gasteiger partial charge in [0.25, 0.3) is 11.8 Å². The molecule has 2 rings (SSSR count). The highest BCUT2D eigenvalue weighted by Gasteiger charge is 2.28. The summed E-state index contributed by atoms with van der Waals surface area (Å²) in [5.41, 5.74) is 1.68. The standard InChI is InChI=1S/C12H13NO3/c1-2-6-16-7-8-4-3-5-9-10(8)12(15)13-11(9)14/h3-5H,2,6-7H2,1H3,(H,13,14,15). The molecular weight excluding hydrogens is 206 g/mol. The van der Waals surface area contributed by atoms with E-state index in [9.17, 15) is 9.59 Å². The minimum absolute atomic E-state index is 0.322. The van der Waals surface area contributed by atoms with Crippen molar-refractivity contribution >= 4 is 11.8 Å². The summed E-state index contributed by atoms with van der Waals surface area (Å²) in [5, 5.41) is 2.28. The van der Waals surface area contributed by atoms with Crippen LogP contribution in [0.15, 0.2) is 18.2 Å². The third kappa shape index (κ3) is 1.84. The van der Waals surface area contributed by atoms with Crippen molar-refractivity contribution in [2.75, 3.05) is 6.61 Å². The number of carbonyl (C=O) groups is 2. The van der Waals surface area contributed by atoms with Gasteiger partial charge in [0.05, 0.1) is 17.7 Å². The summed E-state index contributed by atoms with van der Waals surface area (Å²) in [6.07, 6.45) is 0.931. The lowest BCUT2D eigenvalue weighted by Crippen LogP contribution is -2.20. The van der Waals surface area contributed by atoms with Crippen LogP contribution in [0.2, 0.25) is 0 Å². The largest absolute Gasteiger partial charge is 0.377 e. The molecule has 0 spiro atoms. The number of rotatable bonds is 4. The number of hydrogen-bond donors (Lipinski definition) is 1. The van der Waals surface area contributed by atoms with E-state index in [0.29, 0.717) is 24.3 Å². The molecule has 0 saturated heterocycles. The normalized spacial score (nSPS) is 13.8. The molecule has 0 radical (unpaired) electrons. The monoisotopic (exact) mass is 219 g/mol. The predicted molar refractivity (Wildman–Crippen MR) is 58.2 cm³/mol. The molecule has 1 aromatic rings. The zero-order valence-corrected chi connectivity index (χ0v) is 9.08. The molecule has 1 N–H and O–H groups in total. The molecule has 0 unspecified atom stereocenters. The molecule has 0 fully saturated rings. The molecule has 1 aliphatic rings. The molecule has 2 amide bonds. The molecule has 1 aliphatic heterocycles. The molecule has 84 valence electrons. The first-order valence-electron chi connectivity index (χ1n) is 5.29. The van der Waals surface area contributed by atoms with Crippen LogP contribution in [0.25, 0.3) is 0 Å². The smallest absolute Gasteiger partial charge is 0.259 e. The van der Waals surface area contributed by atoms with E-state index in [-0.39, 0.29) is 11.8 Å². The van der Waals surface area contributed by atoms with Gasteiger partial charge in [0.2, 0.25) is 0 Å². The first-order chi connectivity index (χ1) is 7.74. The Bertz CT molecular complexity index is 440. The molecule has 0 atom stereocenters. The van der Waals surface area contributed by atoms with Crippen LogP contribution in [-0.2, 0) is 11.3 Å². The summed E-state index contributed by atoms with van der Waals surface area (Å²) in [7, 11) is 0. The summed E-state index contributed by atoms with van der Waals surface area (Å²) >= 11 is 0. The van der Waals surface area contributed by atoms with Crippen LogP contribution in [0.5, 0.6) is 0 Å². The summed E-state index contributed by atoms with van der Waals surface area (Å²) in [6, 6.07) is 5.23. The van der Waals surface area contributed by atoms with Crippen molar-refractivity contribution in [2.45, 2.75) is 20.0 Å². The Morgan fingerprint density at radius 1 is 1.25 bits per heavy atom. The molecule has 0 aliphatic carbocycles. The van der Waals surface area contributed by atoms with E-state index in [0.717, 1.165) is 12.0 Å². The van der Waals surface area contributed by atoms with Gasteiger partial charge < -0.3 is 4.74 Å². The zero-order valence-electron chi connectivity index (χ0n) is 9.08. The topological polar surface area (TPSA) is 55.4 Å². The van der Waals surface area contributed by atoms with E-state index >= 15 is 0 Å². The number of hydrogen-bond acceptors (Lipinski definition) is 3. The molecule has 0 bridgehead atoms. The number of imide groups is 1. The first kappa shape index (κ1) is 10.8. The van der Waals surface area contributed by atoms with Crippen LogP contribution in [0, 0.1) is 0 Å². The van der Waals surface area contributed by atoms with Gasteiger partial charge >= 0.3 is 0 Å². The maximum atomic E-state index is 11.5. The van der Waals surface area contributed by atoms with Crippen molar-refractivity contribution < 1.29 is 14.3 Å². The first-order valence-corrected chi connectivity index (χ1v) is 5.29. The fourth-order valence-electron chi connectivity index (χ4n) is 1.74. The zero-order chi connectivity index (χ0) is 11.5. The van der Waals surface area contributed by atoms with Crippen LogP contribution < -0.4 is 5.32 Å². The van der Waals surface area contributed by atoms with Gasteiger partial charge in [0.15, 0.2) is 0 Å². The molecule has 16 heavy (non-hydrogen) atoms. The molecular formula is C12H13NO3. The van der Waals surface area contributed by atoms with Gasteiger partial charge in [-0.25, -0.2) is 0 Å². The highest BCUT2D eigenvalue weighted by atomic mass is 16.5. The van der Waals surface area contributed by atoms with E-state index in [1.54, 1.807) is 12.1 Å². The molecule has 1 aromatic carbocycles. The average molecular weight is 219 g/mol. The average Bonchev–Trinajstić information content (AvgIpc) is 2.56. The van der Waals surface area contributed by atoms with Crippen molar-refractivity contribution in [1.29, 1.82) is 0 Å². The van der Waals surface area contributed by atoms with E-state index in [4.69, 9.17) is 4.74 Å².